The van der Waals surface area contributed by atoms with Gasteiger partial charge in [0.2, 0.25) is 10.0 Å². The van der Waals surface area contributed by atoms with Crippen LogP contribution in [0.25, 0.3) is 0 Å². The summed E-state index contributed by atoms with van der Waals surface area (Å²) in [5.41, 5.74) is -0.765. The van der Waals surface area contributed by atoms with Crippen molar-refractivity contribution in [2.45, 2.75) is 24.5 Å². The van der Waals surface area contributed by atoms with Crippen LogP contribution in [0.1, 0.15) is 19.4 Å². The zero-order valence-corrected chi connectivity index (χ0v) is 14.8. The van der Waals surface area contributed by atoms with Crippen LogP contribution in [0.2, 0.25) is 0 Å². The number of thioether (sulfide) groups is 1. The van der Waals surface area contributed by atoms with Crippen molar-refractivity contribution in [1.29, 1.82) is 0 Å². The quantitative estimate of drug-likeness (QED) is 0.839. The maximum Gasteiger partial charge on any atom is 0.238 e. The SMILES string of the molecule is CCN=C1SCC(O)(c2cccc(S(N)(=O)=O)c2)N1CC.Cl. The molecule has 1 fully saturated rings. The third-order valence-corrected chi connectivity index (χ3v) is 5.38. The topological polar surface area (TPSA) is 96.0 Å². The van der Waals surface area contributed by atoms with Crippen molar-refractivity contribution in [2.24, 2.45) is 10.1 Å². The number of aliphatic imine (C=N–C) groups is 1. The average Bonchev–Trinajstić information content (AvgIpc) is 2.76. The van der Waals surface area contributed by atoms with Gasteiger partial charge in [-0.1, -0.05) is 23.9 Å². The Morgan fingerprint density at radius 3 is 2.68 bits per heavy atom. The average molecular weight is 366 g/mol. The molecule has 0 spiro atoms. The van der Waals surface area contributed by atoms with Gasteiger partial charge in [0.25, 0.3) is 0 Å². The highest BCUT2D eigenvalue weighted by molar-refractivity contribution is 8.14. The lowest BCUT2D eigenvalue weighted by atomic mass is 10.0. The van der Waals surface area contributed by atoms with Gasteiger partial charge in [0.1, 0.15) is 0 Å². The van der Waals surface area contributed by atoms with Crippen LogP contribution in [-0.4, -0.2) is 42.4 Å². The first-order valence-electron chi connectivity index (χ1n) is 6.63. The Morgan fingerprint density at radius 2 is 2.14 bits per heavy atom. The van der Waals surface area contributed by atoms with Gasteiger partial charge in [-0.25, -0.2) is 13.6 Å². The molecule has 1 unspecified atom stereocenters. The number of amidine groups is 1. The molecule has 1 aromatic rings. The second-order valence-electron chi connectivity index (χ2n) is 4.68. The number of benzene rings is 1. The van der Waals surface area contributed by atoms with Crippen LogP contribution >= 0.6 is 24.2 Å². The lowest BCUT2D eigenvalue weighted by molar-refractivity contribution is -0.0455. The molecule has 1 saturated heterocycles. The number of nitrogens with two attached hydrogens (primary N) is 1. The van der Waals surface area contributed by atoms with Crippen molar-refractivity contribution in [3.05, 3.63) is 29.8 Å². The summed E-state index contributed by atoms with van der Waals surface area (Å²) in [6.07, 6.45) is 0. The summed E-state index contributed by atoms with van der Waals surface area (Å²) in [6.45, 7) is 5.06. The van der Waals surface area contributed by atoms with Crippen molar-refractivity contribution in [3.63, 3.8) is 0 Å². The number of hydrogen-bond acceptors (Lipinski definition) is 5. The van der Waals surface area contributed by atoms with E-state index >= 15 is 0 Å². The Morgan fingerprint density at radius 1 is 1.45 bits per heavy atom. The lowest BCUT2D eigenvalue weighted by Gasteiger charge is -2.33. The van der Waals surface area contributed by atoms with Crippen molar-refractivity contribution in [1.82, 2.24) is 4.90 Å². The molecular weight excluding hydrogens is 346 g/mol. The molecule has 6 nitrogen and oxygen atoms in total. The van der Waals surface area contributed by atoms with Crippen molar-refractivity contribution in [3.8, 4) is 0 Å². The molecule has 0 bridgehead atoms. The highest BCUT2D eigenvalue weighted by Crippen LogP contribution is 2.39. The Bertz CT molecular complexity index is 666. The highest BCUT2D eigenvalue weighted by Gasteiger charge is 2.44. The maximum absolute atomic E-state index is 11.5. The largest absolute Gasteiger partial charge is 0.366 e. The molecule has 1 aliphatic rings. The molecule has 9 heteroatoms. The molecule has 124 valence electrons. The fourth-order valence-electron chi connectivity index (χ4n) is 2.30. The second-order valence-corrected chi connectivity index (χ2v) is 7.18. The Balaban J connectivity index is 0.00000242. The molecule has 2 rings (SSSR count). The molecule has 3 N–H and O–H groups in total. The lowest BCUT2D eigenvalue weighted by Crippen LogP contribution is -2.45. The summed E-state index contributed by atoms with van der Waals surface area (Å²) in [7, 11) is -3.80. The molecule has 0 aliphatic carbocycles. The third kappa shape index (κ3) is 3.57. The number of aliphatic hydroxyl groups is 1. The van der Waals surface area contributed by atoms with Crippen LogP contribution in [0.4, 0.5) is 0 Å². The van der Waals surface area contributed by atoms with Gasteiger partial charge in [-0.2, -0.15) is 0 Å². The first-order valence-corrected chi connectivity index (χ1v) is 9.16. The summed E-state index contributed by atoms with van der Waals surface area (Å²) in [4.78, 5) is 6.15. The van der Waals surface area contributed by atoms with Gasteiger partial charge in [0.15, 0.2) is 10.9 Å². The van der Waals surface area contributed by atoms with E-state index in [9.17, 15) is 13.5 Å². The normalized spacial score (nSPS) is 23.6. The summed E-state index contributed by atoms with van der Waals surface area (Å²) >= 11 is 1.46. The van der Waals surface area contributed by atoms with Gasteiger partial charge >= 0.3 is 0 Å². The molecule has 0 amide bonds. The van der Waals surface area contributed by atoms with E-state index in [1.807, 2.05) is 13.8 Å². The van der Waals surface area contributed by atoms with Crippen molar-refractivity contribution >= 4 is 39.4 Å². The zero-order chi connectivity index (χ0) is 15.7. The third-order valence-electron chi connectivity index (χ3n) is 3.31. The fraction of sp³-hybridized carbons (Fsp3) is 0.462. The summed E-state index contributed by atoms with van der Waals surface area (Å²) in [6, 6.07) is 6.13. The van der Waals surface area contributed by atoms with Crippen LogP contribution in [0.3, 0.4) is 0 Å². The highest BCUT2D eigenvalue weighted by atomic mass is 35.5. The van der Waals surface area contributed by atoms with E-state index in [2.05, 4.69) is 4.99 Å². The number of halogens is 1. The van der Waals surface area contributed by atoms with E-state index in [0.29, 0.717) is 24.4 Å². The van der Waals surface area contributed by atoms with Crippen molar-refractivity contribution < 1.29 is 13.5 Å². The van der Waals surface area contributed by atoms with E-state index in [0.717, 1.165) is 5.17 Å². The second kappa shape index (κ2) is 7.18. The number of hydrogen-bond donors (Lipinski definition) is 2. The van der Waals surface area contributed by atoms with Gasteiger partial charge in [-0.3, -0.25) is 4.99 Å². The van der Waals surface area contributed by atoms with Gasteiger partial charge in [0, 0.05) is 18.7 Å². The molecule has 1 atom stereocenters. The molecule has 22 heavy (non-hydrogen) atoms. The fourth-order valence-corrected chi connectivity index (χ4v) is 4.17. The van der Waals surface area contributed by atoms with E-state index in [4.69, 9.17) is 5.14 Å². The maximum atomic E-state index is 11.5. The smallest absolute Gasteiger partial charge is 0.238 e. The minimum atomic E-state index is -3.80. The van der Waals surface area contributed by atoms with E-state index in [1.54, 1.807) is 17.0 Å². The molecular formula is C13H20ClN3O3S2. The molecule has 0 aromatic heterocycles. The molecule has 1 heterocycles. The van der Waals surface area contributed by atoms with Crippen LogP contribution < -0.4 is 5.14 Å². The number of primary sulfonamides is 1. The monoisotopic (exact) mass is 365 g/mol. The van der Waals surface area contributed by atoms with Crippen LogP contribution in [-0.2, 0) is 15.7 Å². The van der Waals surface area contributed by atoms with Crippen LogP contribution in [0.15, 0.2) is 34.2 Å². The van der Waals surface area contributed by atoms with E-state index < -0.39 is 15.7 Å². The number of nitrogens with zero attached hydrogens (tertiary/aromatic N) is 2. The van der Waals surface area contributed by atoms with Crippen LogP contribution in [0.5, 0.6) is 0 Å². The molecule has 1 aromatic carbocycles. The Hall–Kier alpha value is -0.800. The van der Waals surface area contributed by atoms with Gasteiger partial charge in [0.05, 0.1) is 10.6 Å². The number of rotatable bonds is 4. The standard InChI is InChI=1S/C13H19N3O3S2.ClH/c1-3-15-12-16(4-2)13(17,9-20-12)10-6-5-7-11(8-10)21(14,18)19;/h5-8,17H,3-4,9H2,1-2H3,(H2,14,18,19);1H. The van der Waals surface area contributed by atoms with Gasteiger partial charge in [-0.05, 0) is 26.0 Å². The minimum absolute atomic E-state index is 0. The number of sulfonamides is 1. The Kier molecular flexibility index (Phi) is 6.28. The van der Waals surface area contributed by atoms with Crippen LogP contribution in [0, 0.1) is 0 Å². The van der Waals surface area contributed by atoms with Gasteiger partial charge in [-0.15, -0.1) is 12.4 Å². The Labute approximate surface area is 141 Å². The predicted octanol–water partition coefficient (Wildman–Crippen LogP) is 1.35. The van der Waals surface area contributed by atoms with Gasteiger partial charge < -0.3 is 10.0 Å². The first kappa shape index (κ1) is 19.2. The first-order chi connectivity index (χ1) is 9.82. The summed E-state index contributed by atoms with van der Waals surface area (Å²) in [5.74, 6) is 0.397. The predicted molar refractivity (Wildman–Crippen MR) is 91.8 cm³/mol. The minimum Gasteiger partial charge on any atom is -0.366 e. The molecule has 1 aliphatic heterocycles. The zero-order valence-electron chi connectivity index (χ0n) is 12.4. The molecule has 0 radical (unpaired) electrons. The molecule has 0 saturated carbocycles. The van der Waals surface area contributed by atoms with E-state index in [-0.39, 0.29) is 17.3 Å². The summed E-state index contributed by atoms with van der Waals surface area (Å²) in [5, 5.41) is 16.9. The van der Waals surface area contributed by atoms with Crippen molar-refractivity contribution in [2.75, 3.05) is 18.8 Å². The van der Waals surface area contributed by atoms with E-state index in [1.165, 1.54) is 23.9 Å². The summed E-state index contributed by atoms with van der Waals surface area (Å²) < 4.78 is 23.0.